The second-order valence-electron chi connectivity index (χ2n) is 5.78. The van der Waals surface area contributed by atoms with Crippen LogP contribution >= 0.6 is 0 Å². The van der Waals surface area contributed by atoms with Gasteiger partial charge in [-0.05, 0) is 36.0 Å². The van der Waals surface area contributed by atoms with Crippen molar-refractivity contribution in [3.63, 3.8) is 0 Å². The van der Waals surface area contributed by atoms with Crippen molar-refractivity contribution in [2.75, 3.05) is 0 Å². The lowest BCUT2D eigenvalue weighted by atomic mass is 9.80. The molecule has 0 aliphatic rings. The van der Waals surface area contributed by atoms with Crippen LogP contribution in [0, 0.1) is 11.3 Å². The van der Waals surface area contributed by atoms with Crippen LogP contribution in [-0.2, 0) is 0 Å². The zero-order valence-electron chi connectivity index (χ0n) is 14.1. The predicted molar refractivity (Wildman–Crippen MR) is 97.6 cm³/mol. The van der Waals surface area contributed by atoms with Crippen molar-refractivity contribution in [1.29, 1.82) is 0 Å². The highest BCUT2D eigenvalue weighted by atomic mass is 14.7. The molecule has 0 aromatic carbocycles. The van der Waals surface area contributed by atoms with Crippen molar-refractivity contribution in [3.8, 4) is 0 Å². The molecular weight excluding hydrogens is 254 g/mol. The first-order chi connectivity index (χ1) is 9.87. The van der Waals surface area contributed by atoms with Crippen LogP contribution in [0.4, 0.5) is 0 Å². The fourth-order valence-electron chi connectivity index (χ4n) is 1.30. The molecule has 1 heteroatoms. The van der Waals surface area contributed by atoms with E-state index in [1.165, 1.54) is 0 Å². The molecule has 0 aliphatic heterocycles. The number of rotatable bonds is 8. The molecule has 0 saturated carbocycles. The van der Waals surface area contributed by atoms with Crippen molar-refractivity contribution < 1.29 is 0 Å². The smallest absolute Gasteiger partial charge is 0.0629 e. The van der Waals surface area contributed by atoms with Crippen LogP contribution in [0.1, 0.15) is 34.6 Å². The van der Waals surface area contributed by atoms with E-state index in [4.69, 9.17) is 0 Å². The van der Waals surface area contributed by atoms with Crippen LogP contribution in [0.2, 0.25) is 0 Å². The van der Waals surface area contributed by atoms with Crippen LogP contribution in [0.5, 0.6) is 0 Å². The molecule has 0 unspecified atom stereocenters. The largest absolute Gasteiger partial charge is 0.256 e. The Labute approximate surface area is 130 Å². The third-order valence-corrected chi connectivity index (χ3v) is 3.58. The lowest BCUT2D eigenvalue weighted by Crippen LogP contribution is -2.15. The topological polar surface area (TPSA) is 12.4 Å². The Balaban J connectivity index is 5.08. The Bertz CT molecular complexity index is 480. The van der Waals surface area contributed by atoms with Crippen molar-refractivity contribution in [1.82, 2.24) is 0 Å². The highest BCUT2D eigenvalue weighted by Gasteiger charge is 2.17. The fourth-order valence-corrected chi connectivity index (χ4v) is 1.30. The second kappa shape index (κ2) is 9.93. The number of allylic oxidation sites excluding steroid dienone is 9. The third kappa shape index (κ3) is 8.09. The van der Waals surface area contributed by atoms with E-state index >= 15 is 0 Å². The summed E-state index contributed by atoms with van der Waals surface area (Å²) in [5.41, 5.74) is 2.11. The van der Waals surface area contributed by atoms with E-state index in [0.29, 0.717) is 5.92 Å². The van der Waals surface area contributed by atoms with Crippen molar-refractivity contribution >= 4 is 6.21 Å². The molecule has 0 amide bonds. The lowest BCUT2D eigenvalue weighted by Gasteiger charge is -2.25. The standard InChI is InChI=1S/C20H29N/c1-8-11-13-19(12-9-2)21-16-18(10-3)14-15-20(6,7)17(4)5/h8-17H,1-2H2,3-7H3/b13-11-,15-14-,18-10+,19-12+,21-16?. The number of aliphatic imine (C=N–C) groups is 1. The van der Waals surface area contributed by atoms with E-state index in [1.807, 2.05) is 31.4 Å². The monoisotopic (exact) mass is 283 g/mol. The Morgan fingerprint density at radius 1 is 1.10 bits per heavy atom. The van der Waals surface area contributed by atoms with Gasteiger partial charge in [0.2, 0.25) is 0 Å². The van der Waals surface area contributed by atoms with E-state index in [-0.39, 0.29) is 5.41 Å². The molecule has 0 spiro atoms. The summed E-state index contributed by atoms with van der Waals surface area (Å²) in [6.07, 6.45) is 17.4. The molecule has 21 heavy (non-hydrogen) atoms. The third-order valence-electron chi connectivity index (χ3n) is 3.58. The van der Waals surface area contributed by atoms with E-state index in [9.17, 15) is 0 Å². The molecular formula is C20H29N. The van der Waals surface area contributed by atoms with Crippen molar-refractivity contribution in [3.05, 3.63) is 73.0 Å². The lowest BCUT2D eigenvalue weighted by molar-refractivity contribution is 0.333. The van der Waals surface area contributed by atoms with Gasteiger partial charge in [0.15, 0.2) is 0 Å². The molecule has 114 valence electrons. The van der Waals surface area contributed by atoms with Gasteiger partial charge in [0.1, 0.15) is 0 Å². The quantitative estimate of drug-likeness (QED) is 0.379. The van der Waals surface area contributed by atoms with E-state index in [0.717, 1.165) is 11.3 Å². The summed E-state index contributed by atoms with van der Waals surface area (Å²) in [5, 5.41) is 0. The summed E-state index contributed by atoms with van der Waals surface area (Å²) in [4.78, 5) is 4.48. The first-order valence-corrected chi connectivity index (χ1v) is 7.38. The van der Waals surface area contributed by atoms with Crippen LogP contribution in [0.25, 0.3) is 0 Å². The molecule has 0 saturated heterocycles. The molecule has 0 N–H and O–H groups in total. The summed E-state index contributed by atoms with van der Waals surface area (Å²) in [7, 11) is 0. The SMILES string of the molecule is C=C/C=C\C(=C/C=C)N=CC(/C=C\C(C)(C)C(C)C)=C/C. The molecule has 0 fully saturated rings. The molecule has 0 aliphatic carbocycles. The molecule has 0 bridgehead atoms. The van der Waals surface area contributed by atoms with Crippen LogP contribution in [-0.4, -0.2) is 6.21 Å². The summed E-state index contributed by atoms with van der Waals surface area (Å²) in [6.45, 7) is 18.3. The first-order valence-electron chi connectivity index (χ1n) is 7.38. The molecule has 0 atom stereocenters. The predicted octanol–water partition coefficient (Wildman–Crippen LogP) is 6.05. The van der Waals surface area contributed by atoms with Crippen molar-refractivity contribution in [2.45, 2.75) is 34.6 Å². The highest BCUT2D eigenvalue weighted by Crippen LogP contribution is 2.27. The summed E-state index contributed by atoms with van der Waals surface area (Å²) >= 11 is 0. The van der Waals surface area contributed by atoms with Crippen LogP contribution in [0.3, 0.4) is 0 Å². The maximum Gasteiger partial charge on any atom is 0.0629 e. The number of nitrogens with zero attached hydrogens (tertiary/aromatic N) is 1. The molecule has 0 aromatic rings. The van der Waals surface area contributed by atoms with Gasteiger partial charge in [0.25, 0.3) is 0 Å². The van der Waals surface area contributed by atoms with Gasteiger partial charge in [-0.3, -0.25) is 4.99 Å². The van der Waals surface area contributed by atoms with Crippen LogP contribution in [0.15, 0.2) is 78.0 Å². The minimum Gasteiger partial charge on any atom is -0.256 e. The normalized spacial score (nSPS) is 14.8. The number of hydrogen-bond donors (Lipinski definition) is 0. The fraction of sp³-hybridized carbons (Fsp3) is 0.350. The minimum atomic E-state index is 0.171. The number of hydrogen-bond acceptors (Lipinski definition) is 1. The second-order valence-corrected chi connectivity index (χ2v) is 5.78. The molecule has 0 radical (unpaired) electrons. The minimum absolute atomic E-state index is 0.171. The summed E-state index contributed by atoms with van der Waals surface area (Å²) in [5.74, 6) is 0.593. The Morgan fingerprint density at radius 2 is 1.76 bits per heavy atom. The van der Waals surface area contributed by atoms with Gasteiger partial charge >= 0.3 is 0 Å². The molecule has 1 nitrogen and oxygen atoms in total. The van der Waals surface area contributed by atoms with Gasteiger partial charge in [-0.15, -0.1) is 0 Å². The van der Waals surface area contributed by atoms with Gasteiger partial charge in [-0.2, -0.15) is 0 Å². The van der Waals surface area contributed by atoms with Gasteiger partial charge < -0.3 is 0 Å². The average molecular weight is 283 g/mol. The molecule has 0 heterocycles. The van der Waals surface area contributed by atoms with Gasteiger partial charge in [0, 0.05) is 6.21 Å². The maximum absolute atomic E-state index is 4.48. The highest BCUT2D eigenvalue weighted by molar-refractivity contribution is 5.83. The zero-order chi connectivity index (χ0) is 16.3. The first kappa shape index (κ1) is 19.1. The van der Waals surface area contributed by atoms with E-state index in [2.05, 4.69) is 64.1 Å². The van der Waals surface area contributed by atoms with E-state index in [1.54, 1.807) is 12.2 Å². The van der Waals surface area contributed by atoms with E-state index < -0.39 is 0 Å². The summed E-state index contributed by atoms with van der Waals surface area (Å²) in [6, 6.07) is 0. The van der Waals surface area contributed by atoms with Gasteiger partial charge in [-0.1, -0.05) is 77.3 Å². The van der Waals surface area contributed by atoms with Crippen LogP contribution < -0.4 is 0 Å². The maximum atomic E-state index is 4.48. The van der Waals surface area contributed by atoms with Crippen molar-refractivity contribution in [2.24, 2.45) is 16.3 Å². The average Bonchev–Trinajstić information content (AvgIpc) is 2.44. The van der Waals surface area contributed by atoms with Gasteiger partial charge in [-0.25, -0.2) is 0 Å². The Kier molecular flexibility index (Phi) is 9.03. The summed E-state index contributed by atoms with van der Waals surface area (Å²) < 4.78 is 0. The molecule has 0 aromatic heterocycles. The Hall–Kier alpha value is -1.89. The van der Waals surface area contributed by atoms with Gasteiger partial charge in [0.05, 0.1) is 5.70 Å². The molecule has 0 rings (SSSR count). The Morgan fingerprint density at radius 3 is 2.24 bits per heavy atom. The zero-order valence-corrected chi connectivity index (χ0v) is 14.1.